The van der Waals surface area contributed by atoms with Gasteiger partial charge in [-0.2, -0.15) is 0 Å². The molecule has 182 valence electrons. The summed E-state index contributed by atoms with van der Waals surface area (Å²) in [6.07, 6.45) is -5.72. The molecule has 1 heterocycles. The molecule has 9 heteroatoms. The van der Waals surface area contributed by atoms with E-state index in [9.17, 15) is 35.4 Å². The number of aliphatic hydroxyl groups is 5. The highest BCUT2D eigenvalue weighted by molar-refractivity contribution is 5.71. The number of fused-ring (bicyclic) bond motifs is 5. The largest absolute Gasteiger partial charge is 0.547 e. The van der Waals surface area contributed by atoms with Crippen LogP contribution in [-0.2, 0) is 16.0 Å². The average Bonchev–Trinajstić information content (AvgIpc) is 3.02. The molecule has 4 aliphatic rings. The molecule has 33 heavy (non-hydrogen) atoms. The van der Waals surface area contributed by atoms with Gasteiger partial charge in [-0.3, -0.25) is 0 Å². The summed E-state index contributed by atoms with van der Waals surface area (Å²) in [6, 6.07) is 5.55. The van der Waals surface area contributed by atoms with Crippen LogP contribution >= 0.6 is 0 Å². The molecular weight excluding hydrogens is 432 g/mol. The van der Waals surface area contributed by atoms with E-state index in [0.29, 0.717) is 24.0 Å². The molecule has 0 bridgehead atoms. The molecular formula is C24H31O9-. The molecule has 1 aromatic carbocycles. The Bertz CT molecular complexity index is 921. The molecule has 9 nitrogen and oxygen atoms in total. The van der Waals surface area contributed by atoms with Crippen molar-refractivity contribution in [3.8, 4) is 5.75 Å². The lowest BCUT2D eigenvalue weighted by molar-refractivity contribution is -0.342. The average molecular weight is 464 g/mol. The molecule has 5 rings (SSSR count). The molecule has 0 aromatic heterocycles. The summed E-state index contributed by atoms with van der Waals surface area (Å²) in [7, 11) is 0. The predicted molar refractivity (Wildman–Crippen MR) is 111 cm³/mol. The second-order valence-electron chi connectivity index (χ2n) is 10.4. The standard InChI is InChI=1S/C24H32O9/c1-24-7-6-13-12-5-3-11(32-23-19(28)17(26)18(27)20(33-23)22(30)31)8-10(12)2-4-14(13)15(24)9-16(25)21(24)29/h3,5,8,13-21,23,25-29H,2,4,6-7,9H2,1H3,(H,30,31)/p-1/t13-,14-,15+,16-,17+,18+,19-,20+,21+,23-,24+/m1/s1. The zero-order chi connectivity index (χ0) is 23.7. The van der Waals surface area contributed by atoms with Gasteiger partial charge < -0.3 is 44.9 Å². The number of aryl methyl sites for hydroxylation is 1. The van der Waals surface area contributed by atoms with Gasteiger partial charge in [0.25, 0.3) is 0 Å². The van der Waals surface area contributed by atoms with Crippen molar-refractivity contribution in [2.24, 2.45) is 17.3 Å². The number of carboxylic acid groups (broad SMARTS) is 1. The second kappa shape index (κ2) is 8.18. The normalized spacial score (nSPS) is 46.7. The molecule has 0 amide bonds. The first-order valence-electron chi connectivity index (χ1n) is 11.7. The lowest BCUT2D eigenvalue weighted by Gasteiger charge is -2.50. The maximum atomic E-state index is 11.2. The summed E-state index contributed by atoms with van der Waals surface area (Å²) in [6.45, 7) is 2.10. The first-order valence-corrected chi connectivity index (χ1v) is 11.7. The summed E-state index contributed by atoms with van der Waals surface area (Å²) in [5.74, 6) is -0.354. The van der Waals surface area contributed by atoms with Gasteiger partial charge in [-0.15, -0.1) is 0 Å². The molecule has 0 unspecified atom stereocenters. The van der Waals surface area contributed by atoms with Gasteiger partial charge >= 0.3 is 0 Å². The highest BCUT2D eigenvalue weighted by Gasteiger charge is 2.57. The Balaban J connectivity index is 1.34. The summed E-state index contributed by atoms with van der Waals surface area (Å²) in [4.78, 5) is 11.2. The van der Waals surface area contributed by atoms with Crippen LogP contribution in [0.1, 0.15) is 49.7 Å². The summed E-state index contributed by atoms with van der Waals surface area (Å²) in [5, 5.41) is 62.1. The van der Waals surface area contributed by atoms with Crippen LogP contribution in [0.5, 0.6) is 5.75 Å². The molecule has 5 N–H and O–H groups in total. The Hall–Kier alpha value is -1.75. The van der Waals surface area contributed by atoms with Gasteiger partial charge in [0, 0.05) is 0 Å². The molecule has 11 atom stereocenters. The second-order valence-corrected chi connectivity index (χ2v) is 10.4. The van der Waals surface area contributed by atoms with Gasteiger partial charge in [-0.05, 0) is 78.5 Å². The first kappa shape index (κ1) is 23.0. The maximum absolute atomic E-state index is 11.2. The molecule has 0 spiro atoms. The lowest BCUT2D eigenvalue weighted by Crippen LogP contribution is -2.63. The van der Waals surface area contributed by atoms with E-state index >= 15 is 0 Å². The topological polar surface area (TPSA) is 160 Å². The van der Waals surface area contributed by atoms with Crippen molar-refractivity contribution in [1.29, 1.82) is 0 Å². The van der Waals surface area contributed by atoms with Crippen LogP contribution in [0.2, 0.25) is 0 Å². The van der Waals surface area contributed by atoms with E-state index in [2.05, 4.69) is 6.92 Å². The number of rotatable bonds is 3. The van der Waals surface area contributed by atoms with Crippen molar-refractivity contribution >= 4 is 5.97 Å². The quantitative estimate of drug-likeness (QED) is 0.371. The Labute approximate surface area is 191 Å². The predicted octanol–water partition coefficient (Wildman–Crippen LogP) is -1.19. The fourth-order valence-corrected chi connectivity index (χ4v) is 6.89. The van der Waals surface area contributed by atoms with Crippen LogP contribution in [-0.4, -0.2) is 74.4 Å². The van der Waals surface area contributed by atoms with Crippen LogP contribution in [0.25, 0.3) is 0 Å². The van der Waals surface area contributed by atoms with Crippen molar-refractivity contribution in [3.05, 3.63) is 29.3 Å². The van der Waals surface area contributed by atoms with E-state index in [1.807, 2.05) is 12.1 Å². The van der Waals surface area contributed by atoms with Crippen LogP contribution < -0.4 is 9.84 Å². The number of benzene rings is 1. The van der Waals surface area contributed by atoms with Crippen molar-refractivity contribution in [2.75, 3.05) is 0 Å². The van der Waals surface area contributed by atoms with Crippen LogP contribution in [0.15, 0.2) is 18.2 Å². The number of carbonyl (C=O) groups is 1. The molecule has 2 saturated carbocycles. The SMILES string of the molecule is C[C@]12CC[C@@H]3c4ccc(O[C@@H]5O[C@H](C(=O)[O-])[C@@H](O)[C@H](O)[C@H]5O)cc4CC[C@H]3[C@@H]1C[C@@H](O)[C@@H]2O. The fourth-order valence-electron chi connectivity index (χ4n) is 6.89. The summed E-state index contributed by atoms with van der Waals surface area (Å²) >= 11 is 0. The molecule has 3 aliphatic carbocycles. The van der Waals surface area contributed by atoms with Gasteiger partial charge in [0.05, 0.1) is 18.2 Å². The number of aliphatic carboxylic acids is 1. The lowest BCUT2D eigenvalue weighted by atomic mass is 9.55. The van der Waals surface area contributed by atoms with Gasteiger partial charge in [0.15, 0.2) is 0 Å². The molecule has 0 radical (unpaired) electrons. The first-order chi connectivity index (χ1) is 15.6. The van der Waals surface area contributed by atoms with Crippen molar-refractivity contribution in [3.63, 3.8) is 0 Å². The number of hydrogen-bond donors (Lipinski definition) is 5. The monoisotopic (exact) mass is 463 g/mol. The molecule has 1 aliphatic heterocycles. The smallest absolute Gasteiger partial charge is 0.229 e. The Morgan fingerprint density at radius 1 is 1.12 bits per heavy atom. The number of ether oxygens (including phenoxy) is 2. The minimum atomic E-state index is -1.82. The third-order valence-corrected chi connectivity index (χ3v) is 8.73. The van der Waals surface area contributed by atoms with Crippen molar-refractivity contribution in [2.45, 2.75) is 87.9 Å². The number of carbonyl (C=O) groups excluding carboxylic acids is 1. The third kappa shape index (κ3) is 3.57. The van der Waals surface area contributed by atoms with Crippen molar-refractivity contribution < 1.29 is 44.9 Å². The maximum Gasteiger partial charge on any atom is 0.229 e. The van der Waals surface area contributed by atoms with Gasteiger partial charge in [0.2, 0.25) is 6.29 Å². The van der Waals surface area contributed by atoms with Crippen LogP contribution in [0.3, 0.4) is 0 Å². The van der Waals surface area contributed by atoms with E-state index in [4.69, 9.17) is 9.47 Å². The highest BCUT2D eigenvalue weighted by atomic mass is 16.7. The summed E-state index contributed by atoms with van der Waals surface area (Å²) < 4.78 is 10.8. The number of aliphatic hydroxyl groups excluding tert-OH is 5. The molecule has 3 fully saturated rings. The van der Waals surface area contributed by atoms with Gasteiger partial charge in [0.1, 0.15) is 30.2 Å². The Kier molecular flexibility index (Phi) is 5.70. The van der Waals surface area contributed by atoms with Crippen LogP contribution in [0, 0.1) is 17.3 Å². The van der Waals surface area contributed by atoms with E-state index in [0.717, 1.165) is 31.2 Å². The Morgan fingerprint density at radius 2 is 1.88 bits per heavy atom. The van der Waals surface area contributed by atoms with Gasteiger partial charge in [-0.1, -0.05) is 13.0 Å². The van der Waals surface area contributed by atoms with Gasteiger partial charge in [-0.25, -0.2) is 0 Å². The van der Waals surface area contributed by atoms with E-state index in [-0.39, 0.29) is 11.3 Å². The third-order valence-electron chi connectivity index (χ3n) is 8.73. The summed E-state index contributed by atoms with van der Waals surface area (Å²) in [5.41, 5.74) is 2.06. The zero-order valence-electron chi connectivity index (χ0n) is 18.4. The minimum Gasteiger partial charge on any atom is -0.547 e. The Morgan fingerprint density at radius 3 is 2.61 bits per heavy atom. The minimum absolute atomic E-state index is 0.253. The van der Waals surface area contributed by atoms with E-state index in [1.54, 1.807) is 6.07 Å². The van der Waals surface area contributed by atoms with Crippen LogP contribution in [0.4, 0.5) is 0 Å². The molecule has 1 saturated heterocycles. The number of carboxylic acids is 1. The number of hydrogen-bond acceptors (Lipinski definition) is 9. The van der Waals surface area contributed by atoms with Crippen molar-refractivity contribution in [1.82, 2.24) is 0 Å². The highest BCUT2D eigenvalue weighted by Crippen LogP contribution is 2.61. The fraction of sp³-hybridized carbons (Fsp3) is 0.708. The van der Waals surface area contributed by atoms with E-state index < -0.39 is 48.9 Å². The zero-order valence-corrected chi connectivity index (χ0v) is 18.4. The van der Waals surface area contributed by atoms with E-state index in [1.165, 1.54) is 5.56 Å². The molecule has 1 aromatic rings.